The Labute approximate surface area is 215 Å². The SMILES string of the molecule is CC1=C(c2cc3nc(C)n(Cc4ccc(Cl)cc4)c(=O)c3cc2N)SC(C(C)(O)C(F)(F)F)=CCC1. The molecule has 36 heavy (non-hydrogen) atoms. The zero-order valence-electron chi connectivity index (χ0n) is 19.9. The fourth-order valence-corrected chi connectivity index (χ4v) is 5.47. The molecule has 1 aliphatic heterocycles. The smallest absolute Gasteiger partial charge is 0.398 e. The highest BCUT2D eigenvalue weighted by Crippen LogP contribution is 2.49. The van der Waals surface area contributed by atoms with Crippen LogP contribution in [0.1, 0.15) is 43.6 Å². The standard InChI is InChI=1S/C26H25ClF3N3O2S/c1-14-5-4-6-22(25(3,35)26(28,29)30)36-23(14)18-12-21-19(11-20(18)31)24(34)33(15(2)32-21)13-16-7-9-17(27)10-8-16/h6-12,35H,4-5,13,31H2,1-3H3. The third-order valence-corrected chi connectivity index (χ3v) is 8.10. The van der Waals surface area contributed by atoms with Crippen LogP contribution >= 0.6 is 23.4 Å². The van der Waals surface area contributed by atoms with E-state index in [1.165, 1.54) is 16.7 Å². The van der Waals surface area contributed by atoms with Crippen LogP contribution in [-0.4, -0.2) is 26.4 Å². The number of alkyl halides is 3. The molecule has 0 fully saturated rings. The Morgan fingerprint density at radius 1 is 1.19 bits per heavy atom. The maximum atomic E-state index is 13.6. The molecule has 0 aliphatic carbocycles. The summed E-state index contributed by atoms with van der Waals surface area (Å²) in [4.78, 5) is 18.3. The molecule has 0 amide bonds. The number of thioether (sulfide) groups is 1. The number of nitrogens with zero attached hydrogens (tertiary/aromatic N) is 2. The summed E-state index contributed by atoms with van der Waals surface area (Å²) >= 11 is 6.81. The monoisotopic (exact) mass is 535 g/mol. The number of hydrogen-bond acceptors (Lipinski definition) is 5. The van der Waals surface area contributed by atoms with Gasteiger partial charge in [-0.05, 0) is 63.4 Å². The van der Waals surface area contributed by atoms with Crippen molar-refractivity contribution in [3.8, 4) is 0 Å². The summed E-state index contributed by atoms with van der Waals surface area (Å²) in [5.74, 6) is 0.484. The minimum absolute atomic E-state index is 0.205. The first-order valence-electron chi connectivity index (χ1n) is 11.2. The second-order valence-electron chi connectivity index (χ2n) is 9.02. The van der Waals surface area contributed by atoms with E-state index in [4.69, 9.17) is 17.3 Å². The van der Waals surface area contributed by atoms with Gasteiger partial charge in [0.2, 0.25) is 0 Å². The van der Waals surface area contributed by atoms with Gasteiger partial charge in [-0.2, -0.15) is 13.2 Å². The first-order chi connectivity index (χ1) is 16.8. The van der Waals surface area contributed by atoms with Crippen LogP contribution in [0.5, 0.6) is 0 Å². The lowest BCUT2D eigenvalue weighted by atomic mass is 10.0. The average molecular weight is 536 g/mol. The van der Waals surface area contributed by atoms with Gasteiger partial charge in [-0.3, -0.25) is 9.36 Å². The normalized spacial score (nSPS) is 16.6. The largest absolute Gasteiger partial charge is 0.421 e. The van der Waals surface area contributed by atoms with Gasteiger partial charge in [-0.1, -0.05) is 47.1 Å². The van der Waals surface area contributed by atoms with Crippen LogP contribution in [0.2, 0.25) is 5.02 Å². The number of fused-ring (bicyclic) bond motifs is 1. The summed E-state index contributed by atoms with van der Waals surface area (Å²) in [6, 6.07) is 10.3. The first-order valence-corrected chi connectivity index (χ1v) is 12.4. The molecule has 5 nitrogen and oxygen atoms in total. The molecule has 2 heterocycles. The Kier molecular flexibility index (Phi) is 7.02. The fraction of sp³-hybridized carbons (Fsp3) is 0.308. The molecular formula is C26H25ClF3N3O2S. The highest BCUT2D eigenvalue weighted by Gasteiger charge is 2.53. The Morgan fingerprint density at radius 3 is 2.50 bits per heavy atom. The maximum absolute atomic E-state index is 13.6. The van der Waals surface area contributed by atoms with Crippen LogP contribution in [-0.2, 0) is 6.54 Å². The second-order valence-corrected chi connectivity index (χ2v) is 10.5. The molecule has 0 spiro atoms. The number of halogens is 4. The van der Waals surface area contributed by atoms with E-state index in [2.05, 4.69) is 4.98 Å². The van der Waals surface area contributed by atoms with Crippen molar-refractivity contribution in [3.63, 3.8) is 0 Å². The third kappa shape index (κ3) is 4.92. The minimum Gasteiger partial charge on any atom is -0.398 e. The summed E-state index contributed by atoms with van der Waals surface area (Å²) in [6.07, 6.45) is -2.56. The van der Waals surface area contributed by atoms with Crippen LogP contribution in [0.25, 0.3) is 15.8 Å². The number of aryl methyl sites for hydroxylation is 1. The molecule has 0 saturated carbocycles. The molecule has 0 saturated heterocycles. The van der Waals surface area contributed by atoms with E-state index in [0.717, 1.165) is 29.8 Å². The number of rotatable bonds is 4. The van der Waals surface area contributed by atoms with Gasteiger partial charge in [0.25, 0.3) is 5.56 Å². The maximum Gasteiger partial charge on any atom is 0.421 e. The van der Waals surface area contributed by atoms with Gasteiger partial charge in [0.15, 0.2) is 5.60 Å². The molecule has 1 aromatic heterocycles. The lowest BCUT2D eigenvalue weighted by Gasteiger charge is -2.29. The van der Waals surface area contributed by atoms with E-state index in [1.807, 2.05) is 19.1 Å². The van der Waals surface area contributed by atoms with Gasteiger partial charge in [0.05, 0.1) is 17.4 Å². The highest BCUT2D eigenvalue weighted by atomic mass is 35.5. The quantitative estimate of drug-likeness (QED) is 0.375. The van der Waals surface area contributed by atoms with Crippen molar-refractivity contribution in [1.82, 2.24) is 9.55 Å². The van der Waals surface area contributed by atoms with Crippen molar-refractivity contribution in [2.75, 3.05) is 5.73 Å². The van der Waals surface area contributed by atoms with E-state index in [1.54, 1.807) is 25.1 Å². The van der Waals surface area contributed by atoms with E-state index >= 15 is 0 Å². The zero-order chi connectivity index (χ0) is 26.4. The summed E-state index contributed by atoms with van der Waals surface area (Å²) in [5, 5.41) is 11.2. The van der Waals surface area contributed by atoms with E-state index in [9.17, 15) is 23.1 Å². The number of nitrogens with two attached hydrogens (primary N) is 1. The third-order valence-electron chi connectivity index (χ3n) is 6.30. The lowest BCUT2D eigenvalue weighted by Crippen LogP contribution is -2.43. The molecule has 3 N–H and O–H groups in total. The molecule has 0 bridgehead atoms. The van der Waals surface area contributed by atoms with Gasteiger partial charge in [-0.15, -0.1) is 0 Å². The van der Waals surface area contributed by atoms with E-state index in [-0.39, 0.29) is 16.2 Å². The van der Waals surface area contributed by atoms with Crippen molar-refractivity contribution in [1.29, 1.82) is 0 Å². The predicted octanol–water partition coefficient (Wildman–Crippen LogP) is 6.44. The topological polar surface area (TPSA) is 81.1 Å². The molecule has 4 rings (SSSR count). The van der Waals surface area contributed by atoms with E-state index in [0.29, 0.717) is 51.6 Å². The number of aliphatic hydroxyl groups is 1. The van der Waals surface area contributed by atoms with Crippen molar-refractivity contribution >= 4 is 44.9 Å². The van der Waals surface area contributed by atoms with Crippen LogP contribution in [0.3, 0.4) is 0 Å². The molecule has 2 aromatic carbocycles. The van der Waals surface area contributed by atoms with Crippen molar-refractivity contribution in [2.45, 2.75) is 51.9 Å². The molecule has 10 heteroatoms. The number of hydrogen-bond donors (Lipinski definition) is 2. The Balaban J connectivity index is 1.79. The van der Waals surface area contributed by atoms with Crippen LogP contribution < -0.4 is 11.3 Å². The summed E-state index contributed by atoms with van der Waals surface area (Å²) < 4.78 is 42.2. The van der Waals surface area contributed by atoms with Crippen LogP contribution in [0.15, 0.2) is 57.7 Å². The van der Waals surface area contributed by atoms with Gasteiger partial charge < -0.3 is 10.8 Å². The number of anilines is 1. The summed E-state index contributed by atoms with van der Waals surface area (Å²) in [6.45, 7) is 4.60. The second kappa shape index (κ2) is 9.61. The number of nitrogen functional groups attached to an aromatic ring is 1. The summed E-state index contributed by atoms with van der Waals surface area (Å²) in [7, 11) is 0. The lowest BCUT2D eigenvalue weighted by molar-refractivity contribution is -0.234. The molecule has 1 atom stereocenters. The molecular weight excluding hydrogens is 511 g/mol. The molecule has 3 aromatic rings. The van der Waals surface area contributed by atoms with Crippen molar-refractivity contribution in [3.05, 3.63) is 85.3 Å². The highest BCUT2D eigenvalue weighted by molar-refractivity contribution is 8.11. The Bertz CT molecular complexity index is 1460. The number of benzene rings is 2. The van der Waals surface area contributed by atoms with Gasteiger partial charge in [-0.25, -0.2) is 4.98 Å². The van der Waals surface area contributed by atoms with Gasteiger partial charge in [0.1, 0.15) is 5.82 Å². The van der Waals surface area contributed by atoms with Crippen LogP contribution in [0, 0.1) is 6.92 Å². The molecule has 0 radical (unpaired) electrons. The van der Waals surface area contributed by atoms with Crippen molar-refractivity contribution in [2.24, 2.45) is 0 Å². The van der Waals surface area contributed by atoms with Gasteiger partial charge in [0, 0.05) is 26.1 Å². The molecule has 190 valence electrons. The summed E-state index contributed by atoms with van der Waals surface area (Å²) in [5.41, 5.74) is 5.93. The van der Waals surface area contributed by atoms with Crippen LogP contribution in [0.4, 0.5) is 18.9 Å². The fourth-order valence-electron chi connectivity index (χ4n) is 4.05. The number of allylic oxidation sites excluding steroid dienone is 2. The van der Waals surface area contributed by atoms with E-state index < -0.39 is 11.8 Å². The predicted molar refractivity (Wildman–Crippen MR) is 140 cm³/mol. The van der Waals surface area contributed by atoms with Gasteiger partial charge >= 0.3 is 6.18 Å². The zero-order valence-corrected chi connectivity index (χ0v) is 21.5. The first kappa shape index (κ1) is 26.3. The average Bonchev–Trinajstić information content (AvgIpc) is 2.99. The minimum atomic E-state index is -4.84. The number of aromatic nitrogens is 2. The Hall–Kier alpha value is -2.75. The molecule has 1 unspecified atom stereocenters. The Morgan fingerprint density at radius 2 is 1.86 bits per heavy atom. The molecule has 1 aliphatic rings. The van der Waals surface area contributed by atoms with Crippen molar-refractivity contribution < 1.29 is 18.3 Å².